The number of unbranched alkanes of at least 4 members (excludes halogenated alkanes) is 2. The van der Waals surface area contributed by atoms with Crippen molar-refractivity contribution in [3.8, 4) is 6.01 Å². The van der Waals surface area contributed by atoms with E-state index in [2.05, 4.69) is 30.3 Å². The van der Waals surface area contributed by atoms with E-state index in [0.29, 0.717) is 55.0 Å². The quantitative estimate of drug-likeness (QED) is 0.244. The number of aryl methyl sites for hydroxylation is 1. The summed E-state index contributed by atoms with van der Waals surface area (Å²) in [5.41, 5.74) is 7.20. The lowest BCUT2D eigenvalue weighted by Gasteiger charge is -2.09. The van der Waals surface area contributed by atoms with Crippen LogP contribution in [-0.4, -0.2) is 51.8 Å². The number of nitrogen functional groups attached to an aromatic ring is 1. The highest BCUT2D eigenvalue weighted by Crippen LogP contribution is 2.18. The van der Waals surface area contributed by atoms with Gasteiger partial charge in [0.1, 0.15) is 5.52 Å². The molecule has 2 amide bonds. The molecule has 0 saturated heterocycles. The Morgan fingerprint density at radius 3 is 2.79 bits per heavy atom. The van der Waals surface area contributed by atoms with Crippen LogP contribution in [0.1, 0.15) is 43.0 Å². The Balaban J connectivity index is 1.51. The number of hydrogen-bond donors (Lipinski definition) is 4. The predicted molar refractivity (Wildman–Crippen MR) is 127 cm³/mol. The van der Waals surface area contributed by atoms with Crippen LogP contribution in [0.4, 0.5) is 16.3 Å². The maximum absolute atomic E-state index is 12.4. The van der Waals surface area contributed by atoms with Gasteiger partial charge in [0.15, 0.2) is 11.5 Å². The zero-order valence-electron chi connectivity index (χ0n) is 19.2. The topological polar surface area (TPSA) is 166 Å². The van der Waals surface area contributed by atoms with Crippen LogP contribution in [0.15, 0.2) is 29.1 Å². The molecule has 0 aliphatic carbocycles. The summed E-state index contributed by atoms with van der Waals surface area (Å²) in [6, 6.07) is 6.19. The van der Waals surface area contributed by atoms with Gasteiger partial charge < -0.3 is 30.8 Å². The van der Waals surface area contributed by atoms with E-state index in [1.54, 1.807) is 18.2 Å². The number of benzene rings is 1. The standard InChI is InChI=1S/C22H29N7O5/c1-3-4-12-34-21-27-17(23)16-18(28-21)29(22(32)26-16)11-6-5-10-24-20(31)25-15-9-7-8-14(13-15)19(30)33-2/h7-9,13H,3-6,10-12H2,1-2H3,(H,26,32)(H2,23,27,28)(H2,24,25,31). The number of fused-ring (bicyclic) bond motifs is 1. The molecule has 0 atom stereocenters. The minimum Gasteiger partial charge on any atom is -0.465 e. The van der Waals surface area contributed by atoms with Crippen LogP contribution in [0.3, 0.4) is 0 Å². The Morgan fingerprint density at radius 2 is 2.03 bits per heavy atom. The number of amides is 2. The number of anilines is 2. The minimum absolute atomic E-state index is 0.140. The number of rotatable bonds is 11. The molecule has 0 radical (unpaired) electrons. The molecule has 1 aromatic carbocycles. The van der Waals surface area contributed by atoms with Crippen molar-refractivity contribution in [3.05, 3.63) is 40.3 Å². The molecule has 182 valence electrons. The van der Waals surface area contributed by atoms with Crippen molar-refractivity contribution >= 4 is 34.7 Å². The fourth-order valence-electron chi connectivity index (χ4n) is 3.22. The third-order valence-corrected chi connectivity index (χ3v) is 4.99. The van der Waals surface area contributed by atoms with Gasteiger partial charge in [0, 0.05) is 18.8 Å². The maximum Gasteiger partial charge on any atom is 0.337 e. The van der Waals surface area contributed by atoms with Gasteiger partial charge in [-0.2, -0.15) is 9.97 Å². The van der Waals surface area contributed by atoms with Gasteiger partial charge in [-0.15, -0.1) is 0 Å². The van der Waals surface area contributed by atoms with Gasteiger partial charge in [-0.25, -0.2) is 14.4 Å². The average molecular weight is 472 g/mol. The minimum atomic E-state index is -0.483. The number of ether oxygens (including phenoxy) is 2. The number of nitrogens with one attached hydrogen (secondary N) is 3. The highest BCUT2D eigenvalue weighted by atomic mass is 16.5. The molecule has 12 heteroatoms. The molecule has 0 bridgehead atoms. The second-order valence-electron chi connectivity index (χ2n) is 7.53. The zero-order valence-corrected chi connectivity index (χ0v) is 19.2. The molecule has 3 aromatic rings. The number of nitrogens with zero attached hydrogens (tertiary/aromatic N) is 3. The van der Waals surface area contributed by atoms with E-state index >= 15 is 0 Å². The van der Waals surface area contributed by atoms with Gasteiger partial charge in [-0.1, -0.05) is 19.4 Å². The number of H-pyrrole nitrogens is 1. The molecule has 3 rings (SSSR count). The van der Waals surface area contributed by atoms with E-state index in [4.69, 9.17) is 10.5 Å². The van der Waals surface area contributed by atoms with Crippen molar-refractivity contribution in [3.63, 3.8) is 0 Å². The Morgan fingerprint density at radius 1 is 1.21 bits per heavy atom. The second-order valence-corrected chi connectivity index (χ2v) is 7.53. The SMILES string of the molecule is CCCCOc1nc(N)c2[nH]c(=O)n(CCCCNC(=O)Nc3cccc(C(=O)OC)c3)c2n1. The number of imidazole rings is 1. The first kappa shape index (κ1) is 24.6. The first-order chi connectivity index (χ1) is 16.4. The number of aromatic amines is 1. The fourth-order valence-corrected chi connectivity index (χ4v) is 3.22. The molecule has 5 N–H and O–H groups in total. The van der Waals surface area contributed by atoms with Crippen LogP contribution in [-0.2, 0) is 11.3 Å². The van der Waals surface area contributed by atoms with Crippen LogP contribution in [0.5, 0.6) is 6.01 Å². The first-order valence-corrected chi connectivity index (χ1v) is 11.0. The summed E-state index contributed by atoms with van der Waals surface area (Å²) < 4.78 is 11.7. The Labute approximate surface area is 195 Å². The lowest BCUT2D eigenvalue weighted by molar-refractivity contribution is 0.0600. The molecule has 0 spiro atoms. The number of aromatic nitrogens is 4. The molecule has 0 fully saturated rings. The lowest BCUT2D eigenvalue weighted by Crippen LogP contribution is -2.29. The molecule has 0 aliphatic rings. The molecule has 0 aliphatic heterocycles. The average Bonchev–Trinajstić information content (AvgIpc) is 3.14. The highest BCUT2D eigenvalue weighted by molar-refractivity contribution is 5.93. The smallest absolute Gasteiger partial charge is 0.337 e. The van der Waals surface area contributed by atoms with E-state index < -0.39 is 12.0 Å². The third-order valence-electron chi connectivity index (χ3n) is 4.99. The number of nitrogens with two attached hydrogens (primary N) is 1. The summed E-state index contributed by atoms with van der Waals surface area (Å²) in [5, 5.41) is 5.42. The number of urea groups is 1. The molecule has 2 heterocycles. The second kappa shape index (κ2) is 11.7. The van der Waals surface area contributed by atoms with Crippen molar-refractivity contribution in [2.24, 2.45) is 0 Å². The molecule has 2 aromatic heterocycles. The lowest BCUT2D eigenvalue weighted by atomic mass is 10.2. The monoisotopic (exact) mass is 471 g/mol. The van der Waals surface area contributed by atoms with Gasteiger partial charge >= 0.3 is 23.7 Å². The van der Waals surface area contributed by atoms with Crippen LogP contribution in [0.2, 0.25) is 0 Å². The largest absolute Gasteiger partial charge is 0.465 e. The molecule has 0 saturated carbocycles. The maximum atomic E-state index is 12.4. The van der Waals surface area contributed by atoms with Gasteiger partial charge in [0.2, 0.25) is 0 Å². The molecule has 0 unspecified atom stereocenters. The van der Waals surface area contributed by atoms with Gasteiger partial charge in [-0.3, -0.25) is 4.57 Å². The van der Waals surface area contributed by atoms with E-state index in [-0.39, 0.29) is 17.5 Å². The number of carbonyl (C=O) groups is 2. The number of carbonyl (C=O) groups excluding carboxylic acids is 2. The van der Waals surface area contributed by atoms with Crippen LogP contribution in [0, 0.1) is 0 Å². The summed E-state index contributed by atoms with van der Waals surface area (Å²) >= 11 is 0. The fraction of sp³-hybridized carbons (Fsp3) is 0.409. The van der Waals surface area contributed by atoms with Crippen LogP contribution >= 0.6 is 0 Å². The van der Waals surface area contributed by atoms with Crippen molar-refractivity contribution in [1.29, 1.82) is 0 Å². The highest BCUT2D eigenvalue weighted by Gasteiger charge is 2.14. The summed E-state index contributed by atoms with van der Waals surface area (Å²) in [7, 11) is 1.29. The van der Waals surface area contributed by atoms with Crippen molar-refractivity contribution in [2.45, 2.75) is 39.2 Å². The van der Waals surface area contributed by atoms with E-state index in [9.17, 15) is 14.4 Å². The molecular formula is C22H29N7O5. The predicted octanol–water partition coefficient (Wildman–Crippen LogP) is 2.27. The molecule has 34 heavy (non-hydrogen) atoms. The number of methoxy groups -OCH3 is 1. The van der Waals surface area contributed by atoms with E-state index in [0.717, 1.165) is 12.8 Å². The van der Waals surface area contributed by atoms with Crippen molar-refractivity contribution in [2.75, 3.05) is 31.3 Å². The van der Waals surface area contributed by atoms with Crippen molar-refractivity contribution in [1.82, 2.24) is 24.8 Å². The summed E-state index contributed by atoms with van der Waals surface area (Å²) in [6.07, 6.45) is 3.06. The zero-order chi connectivity index (χ0) is 24.5. The third kappa shape index (κ3) is 6.24. The van der Waals surface area contributed by atoms with Crippen molar-refractivity contribution < 1.29 is 19.1 Å². The molecular weight excluding hydrogens is 442 g/mol. The van der Waals surface area contributed by atoms with Crippen LogP contribution < -0.4 is 26.8 Å². The Bertz CT molecular complexity index is 1200. The summed E-state index contributed by atoms with van der Waals surface area (Å²) in [5.74, 6) is -0.329. The molecule has 12 nitrogen and oxygen atoms in total. The summed E-state index contributed by atoms with van der Waals surface area (Å²) in [6.45, 7) is 3.29. The first-order valence-electron chi connectivity index (χ1n) is 11.0. The van der Waals surface area contributed by atoms with Gasteiger partial charge in [0.25, 0.3) is 0 Å². The number of esters is 1. The van der Waals surface area contributed by atoms with Gasteiger partial charge in [-0.05, 0) is 37.5 Å². The van der Waals surface area contributed by atoms with E-state index in [1.807, 2.05) is 6.92 Å². The number of hydrogen-bond acceptors (Lipinski definition) is 8. The Hall–Kier alpha value is -4.09. The van der Waals surface area contributed by atoms with E-state index in [1.165, 1.54) is 17.7 Å². The van der Waals surface area contributed by atoms with Gasteiger partial charge in [0.05, 0.1) is 19.3 Å². The normalized spacial score (nSPS) is 10.8. The summed E-state index contributed by atoms with van der Waals surface area (Å²) in [4.78, 5) is 47.2. The Kier molecular flexibility index (Phi) is 8.43. The van der Waals surface area contributed by atoms with Crippen LogP contribution in [0.25, 0.3) is 11.2 Å².